The van der Waals surface area contributed by atoms with E-state index in [0.29, 0.717) is 11.4 Å². The third-order valence-corrected chi connectivity index (χ3v) is 5.15. The SMILES string of the molecule is CCCCCCCCOc1ccc(-c2cc(C(=O)N/N=C\C=C\c3ccccc3)[nH]n2)cc1. The Morgan fingerprint density at radius 2 is 1.79 bits per heavy atom. The number of H-pyrrole nitrogens is 1. The van der Waals surface area contributed by atoms with Gasteiger partial charge in [-0.2, -0.15) is 10.2 Å². The summed E-state index contributed by atoms with van der Waals surface area (Å²) in [5, 5.41) is 10.9. The molecule has 0 unspecified atom stereocenters. The van der Waals surface area contributed by atoms with Crippen LogP contribution in [0.1, 0.15) is 61.5 Å². The second-order valence-corrected chi connectivity index (χ2v) is 7.80. The number of ether oxygens (including phenoxy) is 1. The largest absolute Gasteiger partial charge is 0.494 e. The number of aromatic amines is 1. The Bertz CT molecular complexity index is 1020. The highest BCUT2D eigenvalue weighted by atomic mass is 16.5. The number of nitrogens with zero attached hydrogens (tertiary/aromatic N) is 2. The molecule has 172 valence electrons. The van der Waals surface area contributed by atoms with Crippen LogP contribution in [0.15, 0.2) is 71.8 Å². The van der Waals surface area contributed by atoms with Crippen molar-refractivity contribution in [3.63, 3.8) is 0 Å². The highest BCUT2D eigenvalue weighted by Gasteiger charge is 2.10. The molecule has 0 spiro atoms. The predicted molar refractivity (Wildman–Crippen MR) is 134 cm³/mol. The van der Waals surface area contributed by atoms with E-state index in [9.17, 15) is 4.79 Å². The molecule has 0 aliphatic rings. The van der Waals surface area contributed by atoms with E-state index in [4.69, 9.17) is 4.74 Å². The van der Waals surface area contributed by atoms with Crippen LogP contribution in [0.5, 0.6) is 5.75 Å². The highest BCUT2D eigenvalue weighted by molar-refractivity contribution is 5.94. The van der Waals surface area contributed by atoms with Crippen LogP contribution in [-0.4, -0.2) is 28.9 Å². The number of nitrogens with one attached hydrogen (secondary N) is 2. The molecule has 33 heavy (non-hydrogen) atoms. The van der Waals surface area contributed by atoms with Crippen molar-refractivity contribution in [3.05, 3.63) is 78.0 Å². The van der Waals surface area contributed by atoms with Crippen LogP contribution in [0.2, 0.25) is 0 Å². The minimum Gasteiger partial charge on any atom is -0.494 e. The number of unbranched alkanes of at least 4 members (excludes halogenated alkanes) is 5. The second kappa shape index (κ2) is 13.7. The van der Waals surface area contributed by atoms with E-state index in [1.807, 2.05) is 60.7 Å². The first-order chi connectivity index (χ1) is 16.3. The first-order valence-electron chi connectivity index (χ1n) is 11.6. The molecule has 1 heterocycles. The van der Waals surface area contributed by atoms with Crippen molar-refractivity contribution >= 4 is 18.2 Å². The Balaban J connectivity index is 1.43. The first kappa shape index (κ1) is 24.0. The third kappa shape index (κ3) is 8.41. The van der Waals surface area contributed by atoms with Crippen LogP contribution in [0, 0.1) is 0 Å². The molecule has 3 rings (SSSR count). The lowest BCUT2D eigenvalue weighted by atomic mass is 10.1. The topological polar surface area (TPSA) is 79.4 Å². The Morgan fingerprint density at radius 3 is 2.58 bits per heavy atom. The predicted octanol–water partition coefficient (Wildman–Crippen LogP) is 6.25. The summed E-state index contributed by atoms with van der Waals surface area (Å²) >= 11 is 0. The number of rotatable bonds is 13. The van der Waals surface area contributed by atoms with Gasteiger partial charge in [0.2, 0.25) is 0 Å². The van der Waals surface area contributed by atoms with E-state index in [1.54, 1.807) is 12.1 Å². The van der Waals surface area contributed by atoms with Gasteiger partial charge < -0.3 is 4.74 Å². The van der Waals surface area contributed by atoms with Gasteiger partial charge in [-0.25, -0.2) is 5.43 Å². The molecule has 0 saturated heterocycles. The van der Waals surface area contributed by atoms with Gasteiger partial charge >= 0.3 is 0 Å². The van der Waals surface area contributed by atoms with Gasteiger partial charge in [-0.3, -0.25) is 9.89 Å². The highest BCUT2D eigenvalue weighted by Crippen LogP contribution is 2.21. The maximum absolute atomic E-state index is 12.3. The van der Waals surface area contributed by atoms with Crippen LogP contribution in [0.4, 0.5) is 0 Å². The van der Waals surface area contributed by atoms with Gasteiger partial charge in [0.1, 0.15) is 11.4 Å². The Labute approximate surface area is 195 Å². The average molecular weight is 445 g/mol. The molecule has 0 saturated carbocycles. The van der Waals surface area contributed by atoms with Crippen LogP contribution in [0.25, 0.3) is 17.3 Å². The van der Waals surface area contributed by atoms with E-state index in [-0.39, 0.29) is 5.91 Å². The van der Waals surface area contributed by atoms with Crippen molar-refractivity contribution in [1.29, 1.82) is 0 Å². The number of hydrazone groups is 1. The van der Waals surface area contributed by atoms with Crippen molar-refractivity contribution in [2.45, 2.75) is 45.4 Å². The van der Waals surface area contributed by atoms with Gasteiger partial charge in [-0.05, 0) is 48.4 Å². The van der Waals surface area contributed by atoms with Gasteiger partial charge in [0.25, 0.3) is 5.91 Å². The van der Waals surface area contributed by atoms with Gasteiger partial charge in [0, 0.05) is 11.8 Å². The van der Waals surface area contributed by atoms with Gasteiger partial charge in [-0.15, -0.1) is 0 Å². The van der Waals surface area contributed by atoms with Crippen LogP contribution in [0.3, 0.4) is 0 Å². The summed E-state index contributed by atoms with van der Waals surface area (Å²) in [6.07, 6.45) is 12.7. The minimum absolute atomic E-state index is 0.345. The summed E-state index contributed by atoms with van der Waals surface area (Å²) in [5.74, 6) is 0.496. The number of amides is 1. The van der Waals surface area contributed by atoms with E-state index in [0.717, 1.165) is 29.9 Å². The number of carbonyl (C=O) groups is 1. The normalized spacial score (nSPS) is 11.3. The maximum Gasteiger partial charge on any atom is 0.289 e. The van der Waals surface area contributed by atoms with Crippen molar-refractivity contribution < 1.29 is 9.53 Å². The van der Waals surface area contributed by atoms with Gasteiger partial charge in [-0.1, -0.05) is 75.4 Å². The molecule has 0 radical (unpaired) electrons. The molecule has 2 aromatic carbocycles. The van der Waals surface area contributed by atoms with Crippen molar-refractivity contribution in [3.8, 4) is 17.0 Å². The average Bonchev–Trinajstić information content (AvgIpc) is 3.35. The zero-order valence-corrected chi connectivity index (χ0v) is 19.2. The summed E-state index contributed by atoms with van der Waals surface area (Å²) in [7, 11) is 0. The monoisotopic (exact) mass is 444 g/mol. The summed E-state index contributed by atoms with van der Waals surface area (Å²) in [4.78, 5) is 12.3. The second-order valence-electron chi connectivity index (χ2n) is 7.80. The number of aromatic nitrogens is 2. The van der Waals surface area contributed by atoms with E-state index >= 15 is 0 Å². The van der Waals surface area contributed by atoms with Crippen LogP contribution < -0.4 is 10.2 Å². The molecule has 6 nitrogen and oxygen atoms in total. The van der Waals surface area contributed by atoms with Crippen molar-refractivity contribution in [2.24, 2.45) is 5.10 Å². The molecule has 0 aliphatic carbocycles. The van der Waals surface area contributed by atoms with Crippen LogP contribution in [-0.2, 0) is 0 Å². The lowest BCUT2D eigenvalue weighted by Crippen LogP contribution is -2.17. The molecular weight excluding hydrogens is 412 g/mol. The zero-order valence-electron chi connectivity index (χ0n) is 19.2. The Hall–Kier alpha value is -3.67. The minimum atomic E-state index is -0.350. The first-order valence-corrected chi connectivity index (χ1v) is 11.6. The fourth-order valence-corrected chi connectivity index (χ4v) is 3.30. The van der Waals surface area contributed by atoms with Crippen LogP contribution >= 0.6 is 0 Å². The smallest absolute Gasteiger partial charge is 0.289 e. The summed E-state index contributed by atoms with van der Waals surface area (Å²) in [5.41, 5.74) is 5.50. The van der Waals surface area contributed by atoms with Crippen molar-refractivity contribution in [1.82, 2.24) is 15.6 Å². The molecule has 1 aromatic heterocycles. The van der Waals surface area contributed by atoms with E-state index in [2.05, 4.69) is 27.6 Å². The number of benzene rings is 2. The third-order valence-electron chi connectivity index (χ3n) is 5.15. The zero-order chi connectivity index (χ0) is 23.1. The molecule has 6 heteroatoms. The number of allylic oxidation sites excluding steroid dienone is 1. The molecule has 0 bridgehead atoms. The molecule has 1 amide bonds. The number of carbonyl (C=O) groups excluding carboxylic acids is 1. The maximum atomic E-state index is 12.3. The lowest BCUT2D eigenvalue weighted by Gasteiger charge is -2.06. The lowest BCUT2D eigenvalue weighted by molar-refractivity contribution is 0.0950. The fraction of sp³-hybridized carbons (Fsp3) is 0.296. The standard InChI is InChI=1S/C27H32N4O2/c1-2-3-4-5-6-10-20-33-24-17-15-23(16-18-24)25-21-26(30-29-25)27(32)31-28-19-11-14-22-12-8-7-9-13-22/h7-9,11-19,21H,2-6,10,20H2,1H3,(H,29,30)(H,31,32)/b14-11+,28-19-. The molecule has 3 aromatic rings. The molecule has 0 atom stereocenters. The summed E-state index contributed by atoms with van der Waals surface area (Å²) in [6.45, 7) is 2.96. The Morgan fingerprint density at radius 1 is 1.03 bits per heavy atom. The fourth-order valence-electron chi connectivity index (χ4n) is 3.30. The molecular formula is C27H32N4O2. The molecule has 0 fully saturated rings. The van der Waals surface area contributed by atoms with E-state index in [1.165, 1.54) is 38.3 Å². The molecule has 2 N–H and O–H groups in total. The number of hydrogen-bond donors (Lipinski definition) is 2. The quantitative estimate of drug-likeness (QED) is 0.186. The van der Waals surface area contributed by atoms with Gasteiger partial charge in [0.05, 0.1) is 12.3 Å². The summed E-state index contributed by atoms with van der Waals surface area (Å²) in [6, 6.07) is 19.3. The van der Waals surface area contributed by atoms with Gasteiger partial charge in [0.15, 0.2) is 0 Å². The molecule has 0 aliphatic heterocycles. The van der Waals surface area contributed by atoms with Crippen molar-refractivity contribution in [2.75, 3.05) is 6.61 Å². The number of hydrogen-bond acceptors (Lipinski definition) is 4. The summed E-state index contributed by atoms with van der Waals surface area (Å²) < 4.78 is 5.83. The Kier molecular flexibility index (Phi) is 9.94. The van der Waals surface area contributed by atoms with E-state index < -0.39 is 0 Å².